The molecule has 0 aliphatic carbocycles. The molecule has 0 spiro atoms. The van der Waals surface area contributed by atoms with Crippen LogP contribution in [0.15, 0.2) is 167 Å². The Bertz CT molecular complexity index is 2510. The molecule has 0 bridgehead atoms. The van der Waals surface area contributed by atoms with E-state index in [0.717, 1.165) is 77.5 Å². The second-order valence-corrected chi connectivity index (χ2v) is 11.5. The lowest BCUT2D eigenvalue weighted by Crippen LogP contribution is -1.93. The number of nitrogens with one attached hydrogen (secondary N) is 1. The van der Waals surface area contributed by atoms with Crippen molar-refractivity contribution >= 4 is 55.3 Å². The van der Waals surface area contributed by atoms with Gasteiger partial charge in [-0.05, 0) is 88.5 Å². The minimum absolute atomic E-state index is 0.858. The number of hydrogen-bond donors (Lipinski definition) is 1. The summed E-state index contributed by atoms with van der Waals surface area (Å²) < 4.78 is 12.8. The molecule has 9 rings (SSSR count). The second-order valence-electron chi connectivity index (χ2n) is 11.5. The predicted molar refractivity (Wildman–Crippen MR) is 187 cm³/mol. The zero-order valence-corrected chi connectivity index (χ0v) is 24.3. The van der Waals surface area contributed by atoms with E-state index in [-0.39, 0.29) is 0 Å². The quantitative estimate of drug-likeness (QED) is 0.221. The van der Waals surface area contributed by atoms with Gasteiger partial charge in [-0.2, -0.15) is 0 Å². The van der Waals surface area contributed by atoms with Crippen molar-refractivity contribution in [1.29, 1.82) is 0 Å². The third-order valence-electron chi connectivity index (χ3n) is 8.65. The summed E-state index contributed by atoms with van der Waals surface area (Å²) in [6, 6.07) is 55.0. The average Bonchev–Trinajstić information content (AvgIpc) is 3.64. The zero-order chi connectivity index (χ0) is 29.7. The molecule has 0 aliphatic rings. The third-order valence-corrected chi connectivity index (χ3v) is 8.65. The van der Waals surface area contributed by atoms with Crippen molar-refractivity contribution in [2.24, 2.45) is 0 Å². The fourth-order valence-electron chi connectivity index (χ4n) is 6.42. The van der Waals surface area contributed by atoms with Crippen molar-refractivity contribution < 1.29 is 8.83 Å². The fraction of sp³-hybridized carbons (Fsp3) is 0. The molecule has 9 aromatic rings. The number of fused-ring (bicyclic) bond motifs is 6. The molecule has 0 radical (unpaired) electrons. The van der Waals surface area contributed by atoms with Crippen LogP contribution < -0.4 is 5.32 Å². The highest BCUT2D eigenvalue weighted by Crippen LogP contribution is 2.40. The SMILES string of the molecule is c1ccc(Nc2ccccc2-c2cccc(-c3ccc4oc5cc6c(cc5c4c3)oc3ccc(-c4ccccc4)cc36)c2)cc1. The summed E-state index contributed by atoms with van der Waals surface area (Å²) in [6.45, 7) is 0. The molecular weight excluding hydrogens is 550 g/mol. The Morgan fingerprint density at radius 1 is 0.333 bits per heavy atom. The Balaban J connectivity index is 1.12. The van der Waals surface area contributed by atoms with Crippen LogP contribution in [0.25, 0.3) is 77.3 Å². The second kappa shape index (κ2) is 10.3. The fourth-order valence-corrected chi connectivity index (χ4v) is 6.42. The molecule has 2 heterocycles. The minimum atomic E-state index is 0.858. The normalized spacial score (nSPS) is 11.6. The third kappa shape index (κ3) is 4.45. The number of furan rings is 2. The van der Waals surface area contributed by atoms with Gasteiger partial charge in [-0.3, -0.25) is 0 Å². The number of anilines is 2. The van der Waals surface area contributed by atoms with Crippen LogP contribution in [0, 0.1) is 0 Å². The van der Waals surface area contributed by atoms with Crippen molar-refractivity contribution in [3.05, 3.63) is 158 Å². The number of benzene rings is 7. The van der Waals surface area contributed by atoms with E-state index in [9.17, 15) is 0 Å². The van der Waals surface area contributed by atoms with Gasteiger partial charge in [0.1, 0.15) is 22.3 Å². The summed E-state index contributed by atoms with van der Waals surface area (Å²) in [5, 5.41) is 7.86. The van der Waals surface area contributed by atoms with E-state index >= 15 is 0 Å². The first-order valence-corrected chi connectivity index (χ1v) is 15.2. The molecule has 2 aromatic heterocycles. The summed E-state index contributed by atoms with van der Waals surface area (Å²) in [4.78, 5) is 0. The van der Waals surface area contributed by atoms with Gasteiger partial charge in [0.15, 0.2) is 0 Å². The molecule has 3 nitrogen and oxygen atoms in total. The van der Waals surface area contributed by atoms with Gasteiger partial charge >= 0.3 is 0 Å². The summed E-state index contributed by atoms with van der Waals surface area (Å²) in [5.74, 6) is 0. The smallest absolute Gasteiger partial charge is 0.136 e. The van der Waals surface area contributed by atoms with Gasteiger partial charge in [0.05, 0.1) is 0 Å². The lowest BCUT2D eigenvalue weighted by Gasteiger charge is -2.13. The van der Waals surface area contributed by atoms with Crippen LogP contribution in [0.2, 0.25) is 0 Å². The predicted octanol–water partition coefficient (Wildman–Crippen LogP) is 12.2. The van der Waals surface area contributed by atoms with Crippen LogP contribution in [0.3, 0.4) is 0 Å². The summed E-state index contributed by atoms with van der Waals surface area (Å²) in [6.07, 6.45) is 0. The van der Waals surface area contributed by atoms with E-state index in [1.807, 2.05) is 24.3 Å². The molecule has 0 fully saturated rings. The number of rotatable bonds is 5. The van der Waals surface area contributed by atoms with E-state index in [1.165, 1.54) is 11.1 Å². The molecule has 0 unspecified atom stereocenters. The van der Waals surface area contributed by atoms with E-state index in [2.05, 4.69) is 139 Å². The maximum atomic E-state index is 6.40. The Morgan fingerprint density at radius 3 is 1.53 bits per heavy atom. The molecule has 212 valence electrons. The van der Waals surface area contributed by atoms with Crippen molar-refractivity contribution in [3.63, 3.8) is 0 Å². The van der Waals surface area contributed by atoms with Gasteiger partial charge in [0.25, 0.3) is 0 Å². The van der Waals surface area contributed by atoms with E-state index in [4.69, 9.17) is 8.83 Å². The first kappa shape index (κ1) is 25.4. The van der Waals surface area contributed by atoms with Crippen LogP contribution in [-0.2, 0) is 0 Å². The molecule has 7 aromatic carbocycles. The van der Waals surface area contributed by atoms with Crippen LogP contribution in [0.4, 0.5) is 11.4 Å². The molecular formula is C42H27NO2. The molecule has 45 heavy (non-hydrogen) atoms. The van der Waals surface area contributed by atoms with E-state index in [1.54, 1.807) is 0 Å². The average molecular weight is 578 g/mol. The number of hydrogen-bond acceptors (Lipinski definition) is 3. The minimum Gasteiger partial charge on any atom is -0.456 e. The molecule has 0 amide bonds. The number of para-hydroxylation sites is 2. The molecule has 0 saturated heterocycles. The molecule has 0 aliphatic heterocycles. The Kier molecular flexibility index (Phi) is 5.82. The van der Waals surface area contributed by atoms with Gasteiger partial charge in [-0.15, -0.1) is 0 Å². The standard InChI is InChI=1S/C42H27NO2/c1-3-10-27(11-4-1)29-18-20-39-34(23-29)36-25-42-37(26-41(36)44-39)35-24-30(19-21-40(35)45-42)28-12-9-13-31(22-28)33-16-7-8-17-38(33)43-32-14-5-2-6-15-32/h1-26,43H. The Morgan fingerprint density at radius 2 is 0.844 bits per heavy atom. The van der Waals surface area contributed by atoms with Gasteiger partial charge in [0.2, 0.25) is 0 Å². The van der Waals surface area contributed by atoms with Gasteiger partial charge in [0, 0.05) is 38.5 Å². The largest absolute Gasteiger partial charge is 0.456 e. The van der Waals surface area contributed by atoms with E-state index in [0.29, 0.717) is 0 Å². The van der Waals surface area contributed by atoms with Crippen LogP contribution in [0.5, 0.6) is 0 Å². The highest BCUT2D eigenvalue weighted by molar-refractivity contribution is 6.15. The van der Waals surface area contributed by atoms with Gasteiger partial charge in [-0.1, -0.05) is 97.1 Å². The molecule has 1 N–H and O–H groups in total. The monoisotopic (exact) mass is 577 g/mol. The summed E-state index contributed by atoms with van der Waals surface area (Å²) in [5.41, 5.74) is 12.5. The zero-order valence-electron chi connectivity index (χ0n) is 24.3. The Hall–Kier alpha value is -6.06. The topological polar surface area (TPSA) is 38.3 Å². The van der Waals surface area contributed by atoms with Crippen molar-refractivity contribution in [2.75, 3.05) is 5.32 Å². The van der Waals surface area contributed by atoms with Crippen molar-refractivity contribution in [1.82, 2.24) is 0 Å². The van der Waals surface area contributed by atoms with Crippen LogP contribution in [0.1, 0.15) is 0 Å². The molecule has 0 atom stereocenters. The Labute approximate surface area is 260 Å². The highest BCUT2D eigenvalue weighted by Gasteiger charge is 2.15. The van der Waals surface area contributed by atoms with E-state index < -0.39 is 0 Å². The highest BCUT2D eigenvalue weighted by atomic mass is 16.3. The summed E-state index contributed by atoms with van der Waals surface area (Å²) >= 11 is 0. The summed E-state index contributed by atoms with van der Waals surface area (Å²) in [7, 11) is 0. The molecule has 0 saturated carbocycles. The van der Waals surface area contributed by atoms with Crippen molar-refractivity contribution in [3.8, 4) is 33.4 Å². The lowest BCUT2D eigenvalue weighted by molar-refractivity contribution is 0.664. The first-order chi connectivity index (χ1) is 22.3. The van der Waals surface area contributed by atoms with Crippen LogP contribution >= 0.6 is 0 Å². The maximum Gasteiger partial charge on any atom is 0.136 e. The molecule has 3 heteroatoms. The van der Waals surface area contributed by atoms with Crippen LogP contribution in [-0.4, -0.2) is 0 Å². The first-order valence-electron chi connectivity index (χ1n) is 15.2. The van der Waals surface area contributed by atoms with Crippen molar-refractivity contribution in [2.45, 2.75) is 0 Å². The van der Waals surface area contributed by atoms with Gasteiger partial charge in [-0.25, -0.2) is 0 Å². The lowest BCUT2D eigenvalue weighted by atomic mass is 9.97. The van der Waals surface area contributed by atoms with Gasteiger partial charge < -0.3 is 14.2 Å². The maximum absolute atomic E-state index is 6.40.